The Kier molecular flexibility index (Phi) is 5.81. The van der Waals surface area contributed by atoms with E-state index in [0.717, 1.165) is 16.9 Å². The number of alkyl halides is 3. The van der Waals surface area contributed by atoms with Gasteiger partial charge in [-0.1, -0.05) is 59.1 Å². The van der Waals surface area contributed by atoms with Crippen LogP contribution in [0.15, 0.2) is 48.5 Å². The van der Waals surface area contributed by atoms with E-state index >= 15 is 0 Å². The molecule has 22 heavy (non-hydrogen) atoms. The van der Waals surface area contributed by atoms with Crippen LogP contribution in [0.5, 0.6) is 11.5 Å². The number of ether oxygens (including phenoxy) is 2. The molecule has 0 saturated heterocycles. The lowest BCUT2D eigenvalue weighted by molar-refractivity contribution is 0.0985. The predicted molar refractivity (Wildman–Crippen MR) is 89.3 cm³/mol. The molecule has 1 N–H and O–H groups in total. The average molecular weight is 362 g/mol. The summed E-state index contributed by atoms with van der Waals surface area (Å²) in [4.78, 5) is 0. The second kappa shape index (κ2) is 7.42. The Hall–Kier alpha value is -1.13. The monoisotopic (exact) mass is 360 g/mol. The van der Waals surface area contributed by atoms with Gasteiger partial charge < -0.3 is 14.6 Å². The lowest BCUT2D eigenvalue weighted by Gasteiger charge is -2.25. The zero-order valence-electron chi connectivity index (χ0n) is 11.8. The van der Waals surface area contributed by atoms with E-state index in [1.54, 1.807) is 19.2 Å². The lowest BCUT2D eigenvalue weighted by atomic mass is 9.92. The van der Waals surface area contributed by atoms with Gasteiger partial charge >= 0.3 is 0 Å². The highest BCUT2D eigenvalue weighted by molar-refractivity contribution is 6.68. The van der Waals surface area contributed by atoms with Crippen LogP contribution in [-0.2, 0) is 0 Å². The molecule has 0 radical (unpaired) electrons. The fourth-order valence-corrected chi connectivity index (χ4v) is 2.95. The summed E-state index contributed by atoms with van der Waals surface area (Å²) in [6.45, 7) is -0.383. The first-order valence-electron chi connectivity index (χ1n) is 6.50. The Bertz CT molecular complexity index is 592. The van der Waals surface area contributed by atoms with Crippen LogP contribution in [0.4, 0.5) is 0 Å². The molecule has 118 valence electrons. The molecular formula is C16H15Cl3O3. The van der Waals surface area contributed by atoms with Crippen molar-refractivity contribution in [3.05, 3.63) is 59.7 Å². The van der Waals surface area contributed by atoms with Gasteiger partial charge in [-0.15, -0.1) is 0 Å². The van der Waals surface area contributed by atoms with E-state index in [2.05, 4.69) is 0 Å². The van der Waals surface area contributed by atoms with Crippen molar-refractivity contribution in [1.29, 1.82) is 0 Å². The number of aliphatic hydroxyl groups excluding tert-OH is 1. The number of hydrogen-bond acceptors (Lipinski definition) is 3. The third kappa shape index (κ3) is 4.20. The number of halogens is 3. The first-order chi connectivity index (χ1) is 10.5. The molecule has 2 rings (SSSR count). The maximum absolute atomic E-state index is 8.76. The first-order valence-corrected chi connectivity index (χ1v) is 7.63. The summed E-state index contributed by atoms with van der Waals surface area (Å²) < 4.78 is 8.64. The molecule has 0 aliphatic heterocycles. The van der Waals surface area contributed by atoms with Crippen molar-refractivity contribution < 1.29 is 14.6 Å². The molecule has 1 unspecified atom stereocenters. The molecule has 0 heterocycles. The molecule has 0 amide bonds. The molecule has 0 bridgehead atoms. The van der Waals surface area contributed by atoms with Crippen LogP contribution in [-0.4, -0.2) is 22.8 Å². The molecule has 0 aromatic heterocycles. The first kappa shape index (κ1) is 17.2. The van der Waals surface area contributed by atoms with E-state index in [-0.39, 0.29) is 6.79 Å². The molecule has 2 aromatic carbocycles. The predicted octanol–water partition coefficient (Wildman–Crippen LogP) is 4.53. The Morgan fingerprint density at radius 1 is 0.909 bits per heavy atom. The smallest absolute Gasteiger partial charge is 0.201 e. The van der Waals surface area contributed by atoms with E-state index in [9.17, 15) is 0 Å². The van der Waals surface area contributed by atoms with Gasteiger partial charge in [0.1, 0.15) is 11.5 Å². The van der Waals surface area contributed by atoms with Gasteiger partial charge in [0.15, 0.2) is 6.79 Å². The second-order valence-electron chi connectivity index (χ2n) is 4.59. The number of benzene rings is 2. The molecule has 3 nitrogen and oxygen atoms in total. The zero-order valence-corrected chi connectivity index (χ0v) is 14.1. The van der Waals surface area contributed by atoms with Crippen LogP contribution in [0.1, 0.15) is 17.0 Å². The molecule has 6 heteroatoms. The van der Waals surface area contributed by atoms with Gasteiger partial charge in [-0.3, -0.25) is 0 Å². The van der Waals surface area contributed by atoms with Crippen LogP contribution in [0.25, 0.3) is 0 Å². The van der Waals surface area contributed by atoms with Crippen LogP contribution in [0, 0.1) is 0 Å². The summed E-state index contributed by atoms with van der Waals surface area (Å²) in [7, 11) is 1.60. The van der Waals surface area contributed by atoms with Gasteiger partial charge in [-0.25, -0.2) is 0 Å². The normalized spacial score (nSPS) is 12.8. The molecule has 0 aliphatic carbocycles. The van der Waals surface area contributed by atoms with Crippen LogP contribution >= 0.6 is 34.8 Å². The third-order valence-electron chi connectivity index (χ3n) is 3.22. The highest BCUT2D eigenvalue weighted by atomic mass is 35.6. The van der Waals surface area contributed by atoms with E-state index in [0.29, 0.717) is 5.75 Å². The summed E-state index contributed by atoms with van der Waals surface area (Å²) in [5.41, 5.74) is 1.69. The highest BCUT2D eigenvalue weighted by Gasteiger charge is 2.35. The Morgan fingerprint density at radius 2 is 1.36 bits per heavy atom. The average Bonchev–Trinajstić information content (AvgIpc) is 2.49. The van der Waals surface area contributed by atoms with Gasteiger partial charge in [0.2, 0.25) is 3.79 Å². The van der Waals surface area contributed by atoms with Crippen LogP contribution in [0.3, 0.4) is 0 Å². The minimum atomic E-state index is -1.51. The number of aliphatic hydroxyl groups is 1. The molecule has 1 atom stereocenters. The number of hydrogen-bond donors (Lipinski definition) is 1. The van der Waals surface area contributed by atoms with Gasteiger partial charge in [0.25, 0.3) is 0 Å². The standard InChI is InChI=1S/C16H15Cl3O3/c1-21-13-6-2-11(3-7-13)15(16(17,18)19)12-4-8-14(9-5-12)22-10-20/h2-9,15,20H,10H2,1H3. The van der Waals surface area contributed by atoms with E-state index in [1.165, 1.54) is 0 Å². The van der Waals surface area contributed by atoms with Crippen molar-refractivity contribution in [1.82, 2.24) is 0 Å². The molecule has 0 aliphatic rings. The van der Waals surface area contributed by atoms with Crippen LogP contribution in [0.2, 0.25) is 0 Å². The Morgan fingerprint density at radius 3 is 1.73 bits per heavy atom. The largest absolute Gasteiger partial charge is 0.497 e. The van der Waals surface area contributed by atoms with Crippen molar-refractivity contribution in [2.75, 3.05) is 13.9 Å². The minimum absolute atomic E-state index is 0.383. The zero-order chi connectivity index (χ0) is 16.2. The lowest BCUT2D eigenvalue weighted by Crippen LogP contribution is -2.18. The van der Waals surface area contributed by atoms with Gasteiger partial charge in [-0.2, -0.15) is 0 Å². The Labute approximate surface area is 144 Å². The second-order valence-corrected chi connectivity index (χ2v) is 6.96. The van der Waals surface area contributed by atoms with Crippen molar-refractivity contribution in [3.63, 3.8) is 0 Å². The van der Waals surface area contributed by atoms with Crippen molar-refractivity contribution >= 4 is 34.8 Å². The summed E-state index contributed by atoms with van der Waals surface area (Å²) in [6, 6.07) is 14.4. The molecular weight excluding hydrogens is 347 g/mol. The fourth-order valence-electron chi connectivity index (χ4n) is 2.20. The molecule has 0 fully saturated rings. The van der Waals surface area contributed by atoms with Gasteiger partial charge in [-0.05, 0) is 35.4 Å². The summed E-state index contributed by atoms with van der Waals surface area (Å²) in [5, 5.41) is 8.76. The maximum atomic E-state index is 8.76. The molecule has 0 saturated carbocycles. The third-order valence-corrected chi connectivity index (χ3v) is 3.88. The number of methoxy groups -OCH3 is 1. The van der Waals surface area contributed by atoms with E-state index in [1.807, 2.05) is 36.4 Å². The van der Waals surface area contributed by atoms with Gasteiger partial charge in [0, 0.05) is 0 Å². The maximum Gasteiger partial charge on any atom is 0.201 e. The molecule has 0 spiro atoms. The quantitative estimate of drug-likeness (QED) is 0.628. The molecule has 2 aromatic rings. The summed E-state index contributed by atoms with van der Waals surface area (Å²) in [5.74, 6) is 0.842. The van der Waals surface area contributed by atoms with E-state index < -0.39 is 9.71 Å². The van der Waals surface area contributed by atoms with Crippen molar-refractivity contribution in [2.24, 2.45) is 0 Å². The van der Waals surface area contributed by atoms with Crippen molar-refractivity contribution in [3.8, 4) is 11.5 Å². The van der Waals surface area contributed by atoms with Crippen LogP contribution < -0.4 is 9.47 Å². The fraction of sp³-hybridized carbons (Fsp3) is 0.250. The van der Waals surface area contributed by atoms with Crippen molar-refractivity contribution in [2.45, 2.75) is 9.71 Å². The number of rotatable bonds is 5. The SMILES string of the molecule is COc1ccc(C(c2ccc(OCO)cc2)C(Cl)(Cl)Cl)cc1. The summed E-state index contributed by atoms with van der Waals surface area (Å²) in [6.07, 6.45) is 0. The highest BCUT2D eigenvalue weighted by Crippen LogP contribution is 2.46. The topological polar surface area (TPSA) is 38.7 Å². The van der Waals surface area contributed by atoms with Gasteiger partial charge in [0.05, 0.1) is 13.0 Å². The summed E-state index contributed by atoms with van der Waals surface area (Å²) >= 11 is 18.5. The van der Waals surface area contributed by atoms with E-state index in [4.69, 9.17) is 49.4 Å². The Balaban J connectivity index is 2.37. The minimum Gasteiger partial charge on any atom is -0.497 e.